The van der Waals surface area contributed by atoms with Crippen LogP contribution in [0.25, 0.3) is 10.8 Å². The maximum Gasteiger partial charge on any atom is 0.272 e. The Bertz CT molecular complexity index is 1320. The quantitative estimate of drug-likeness (QED) is 0.579. The summed E-state index contributed by atoms with van der Waals surface area (Å²) in [5, 5.41) is 7.79. The maximum absolute atomic E-state index is 14.4. The first-order valence-electron chi connectivity index (χ1n) is 9.59. The lowest BCUT2D eigenvalue weighted by Crippen LogP contribution is -2.52. The van der Waals surface area contributed by atoms with E-state index in [4.69, 9.17) is 4.18 Å². The van der Waals surface area contributed by atoms with E-state index in [-0.39, 0.29) is 23.6 Å². The maximum atomic E-state index is 14.4. The highest BCUT2D eigenvalue weighted by Gasteiger charge is 2.33. The van der Waals surface area contributed by atoms with Crippen molar-refractivity contribution in [3.8, 4) is 0 Å². The summed E-state index contributed by atoms with van der Waals surface area (Å²) in [4.78, 5) is 26.1. The number of carbonyl (C=O) groups is 1. The third-order valence-electron chi connectivity index (χ3n) is 5.17. The molecule has 1 saturated heterocycles. The van der Waals surface area contributed by atoms with Crippen molar-refractivity contribution in [2.24, 2.45) is 5.92 Å². The topological polar surface area (TPSA) is 109 Å². The highest BCUT2D eigenvalue weighted by Crippen LogP contribution is 2.23. The van der Waals surface area contributed by atoms with Crippen LogP contribution >= 0.6 is 0 Å². The summed E-state index contributed by atoms with van der Waals surface area (Å²) >= 11 is 0. The molecule has 1 aromatic heterocycles. The van der Waals surface area contributed by atoms with Crippen molar-refractivity contribution in [1.29, 1.82) is 0 Å². The van der Waals surface area contributed by atoms with E-state index in [2.05, 4.69) is 10.2 Å². The van der Waals surface area contributed by atoms with Gasteiger partial charge >= 0.3 is 0 Å². The number of hydrogen-bond donors (Lipinski definition) is 1. The van der Waals surface area contributed by atoms with Gasteiger partial charge in [-0.25, -0.2) is 9.49 Å². The van der Waals surface area contributed by atoms with Gasteiger partial charge in [-0.1, -0.05) is 24.3 Å². The third-order valence-corrected chi connectivity index (χ3v) is 5.73. The van der Waals surface area contributed by atoms with E-state index in [0.717, 1.165) is 6.26 Å². The number of nitrogens with one attached hydrogen (secondary N) is 1. The molecule has 0 atom stereocenters. The van der Waals surface area contributed by atoms with E-state index in [1.165, 1.54) is 17.0 Å². The minimum absolute atomic E-state index is 0.00388. The lowest BCUT2D eigenvalue weighted by Gasteiger charge is -2.38. The molecule has 162 valence electrons. The van der Waals surface area contributed by atoms with E-state index >= 15 is 0 Å². The molecule has 1 aliphatic rings. The number of carbonyl (C=O) groups excluding carboxylic acids is 1. The number of aromatic nitrogens is 2. The third kappa shape index (κ3) is 4.64. The monoisotopic (exact) mass is 445 g/mol. The van der Waals surface area contributed by atoms with Crippen LogP contribution in [0.2, 0.25) is 0 Å². The summed E-state index contributed by atoms with van der Waals surface area (Å²) in [6.07, 6.45) is 1.28. The molecule has 10 heteroatoms. The zero-order valence-corrected chi connectivity index (χ0v) is 17.5. The van der Waals surface area contributed by atoms with Crippen LogP contribution in [-0.2, 0) is 20.7 Å². The van der Waals surface area contributed by atoms with Crippen molar-refractivity contribution >= 4 is 26.8 Å². The fourth-order valence-corrected chi connectivity index (χ4v) is 4.02. The Morgan fingerprint density at radius 1 is 1.23 bits per heavy atom. The second-order valence-corrected chi connectivity index (χ2v) is 9.24. The Labute approximate surface area is 177 Å². The minimum Gasteiger partial charge on any atom is -0.338 e. The fourth-order valence-electron chi connectivity index (χ4n) is 3.58. The predicted octanol–water partition coefficient (Wildman–Crippen LogP) is 1.70. The molecule has 0 aliphatic carbocycles. The van der Waals surface area contributed by atoms with Crippen molar-refractivity contribution in [1.82, 2.24) is 15.1 Å². The van der Waals surface area contributed by atoms with Crippen LogP contribution in [0.4, 0.5) is 4.39 Å². The molecule has 1 fully saturated rings. The van der Waals surface area contributed by atoms with Gasteiger partial charge in [0, 0.05) is 30.8 Å². The van der Waals surface area contributed by atoms with E-state index in [0.29, 0.717) is 41.5 Å². The van der Waals surface area contributed by atoms with Gasteiger partial charge in [-0.15, -0.1) is 0 Å². The Balaban J connectivity index is 1.50. The zero-order valence-electron chi connectivity index (χ0n) is 16.7. The lowest BCUT2D eigenvalue weighted by atomic mass is 9.98. The van der Waals surface area contributed by atoms with Crippen LogP contribution in [-0.4, -0.2) is 55.4 Å². The number of likely N-dealkylation sites (tertiary alicyclic amines) is 1. The Kier molecular flexibility index (Phi) is 5.59. The second kappa shape index (κ2) is 8.20. The first-order valence-corrected chi connectivity index (χ1v) is 11.4. The van der Waals surface area contributed by atoms with Crippen molar-refractivity contribution in [2.75, 3.05) is 26.0 Å². The highest BCUT2D eigenvalue weighted by atomic mass is 32.2. The van der Waals surface area contributed by atoms with Crippen LogP contribution in [0.3, 0.4) is 0 Å². The molecule has 1 aliphatic heterocycles. The number of hydrogen-bond acceptors (Lipinski definition) is 6. The van der Waals surface area contributed by atoms with Gasteiger partial charge in [0.2, 0.25) is 0 Å². The lowest BCUT2D eigenvalue weighted by molar-refractivity contribution is 0.0398. The molecule has 0 unspecified atom stereocenters. The van der Waals surface area contributed by atoms with Gasteiger partial charge < -0.3 is 4.90 Å². The predicted molar refractivity (Wildman–Crippen MR) is 112 cm³/mol. The number of H-pyrrole nitrogens is 1. The highest BCUT2D eigenvalue weighted by molar-refractivity contribution is 7.85. The van der Waals surface area contributed by atoms with Gasteiger partial charge in [0.25, 0.3) is 21.6 Å². The average molecular weight is 445 g/mol. The zero-order chi connectivity index (χ0) is 22.2. The molecule has 2 aromatic carbocycles. The average Bonchev–Trinajstić information content (AvgIpc) is 2.69. The number of benzene rings is 2. The minimum atomic E-state index is -3.54. The van der Waals surface area contributed by atoms with E-state index < -0.39 is 21.8 Å². The summed E-state index contributed by atoms with van der Waals surface area (Å²) in [7, 11) is -3.54. The molecular weight excluding hydrogens is 425 g/mol. The Morgan fingerprint density at radius 2 is 1.94 bits per heavy atom. The second-order valence-electron chi connectivity index (χ2n) is 7.60. The molecule has 2 heterocycles. The SMILES string of the molecule is CS(=O)(=O)OCC1CN(C(=O)c2cc(Cc3n[nH]c(=O)c4ccccc34)ccc2F)C1. The molecule has 0 saturated carbocycles. The molecule has 0 bridgehead atoms. The van der Waals surface area contributed by atoms with Crippen LogP contribution in [0.1, 0.15) is 21.6 Å². The number of nitrogens with zero attached hydrogens (tertiary/aromatic N) is 2. The molecule has 1 N–H and O–H groups in total. The van der Waals surface area contributed by atoms with E-state index in [1.54, 1.807) is 30.3 Å². The normalized spacial score (nSPS) is 14.6. The molecule has 0 radical (unpaired) electrons. The summed E-state index contributed by atoms with van der Waals surface area (Å²) < 4.78 is 41.3. The summed E-state index contributed by atoms with van der Waals surface area (Å²) in [6, 6.07) is 11.4. The van der Waals surface area contributed by atoms with Crippen molar-refractivity contribution in [3.63, 3.8) is 0 Å². The van der Waals surface area contributed by atoms with Gasteiger partial charge in [0.15, 0.2) is 0 Å². The smallest absolute Gasteiger partial charge is 0.272 e. The number of rotatable bonds is 6. The number of amides is 1. The number of aromatic amines is 1. The number of fused-ring (bicyclic) bond motifs is 1. The molecular formula is C21H20FN3O5S. The van der Waals surface area contributed by atoms with Gasteiger partial charge in [0.1, 0.15) is 5.82 Å². The van der Waals surface area contributed by atoms with Gasteiger partial charge in [-0.2, -0.15) is 13.5 Å². The summed E-state index contributed by atoms with van der Waals surface area (Å²) in [5.74, 6) is -1.21. The van der Waals surface area contributed by atoms with E-state index in [9.17, 15) is 22.4 Å². The van der Waals surface area contributed by atoms with Crippen molar-refractivity contribution < 1.29 is 21.8 Å². The molecule has 3 aromatic rings. The van der Waals surface area contributed by atoms with Crippen LogP contribution < -0.4 is 5.56 Å². The van der Waals surface area contributed by atoms with Crippen molar-refractivity contribution in [2.45, 2.75) is 6.42 Å². The fraction of sp³-hybridized carbons (Fsp3) is 0.286. The molecule has 1 amide bonds. The van der Waals surface area contributed by atoms with Crippen LogP contribution in [0.15, 0.2) is 47.3 Å². The summed E-state index contributed by atoms with van der Waals surface area (Å²) in [5.41, 5.74) is 0.935. The molecule has 4 rings (SSSR count). The largest absolute Gasteiger partial charge is 0.338 e. The Hall–Kier alpha value is -3.11. The van der Waals surface area contributed by atoms with Crippen molar-refractivity contribution in [3.05, 3.63) is 75.5 Å². The molecule has 8 nitrogen and oxygen atoms in total. The first-order chi connectivity index (χ1) is 14.7. The van der Waals surface area contributed by atoms with Crippen LogP contribution in [0, 0.1) is 11.7 Å². The van der Waals surface area contributed by atoms with Gasteiger partial charge in [-0.3, -0.25) is 13.8 Å². The standard InChI is InChI=1S/C21H20FN3O5S/c1-31(28,29)30-12-14-10-25(11-14)21(27)17-8-13(6-7-18(17)22)9-19-15-4-2-3-5-16(15)20(26)24-23-19/h2-8,14H,9-12H2,1H3,(H,24,26). The van der Waals surface area contributed by atoms with Gasteiger partial charge in [-0.05, 0) is 23.8 Å². The van der Waals surface area contributed by atoms with E-state index in [1.807, 2.05) is 0 Å². The number of halogens is 1. The summed E-state index contributed by atoms with van der Waals surface area (Å²) in [6.45, 7) is 0.588. The molecule has 31 heavy (non-hydrogen) atoms. The first kappa shape index (κ1) is 21.1. The van der Waals surface area contributed by atoms with Crippen LogP contribution in [0.5, 0.6) is 0 Å². The molecule has 0 spiro atoms. The Morgan fingerprint density at radius 3 is 2.65 bits per heavy atom. The van der Waals surface area contributed by atoms with Gasteiger partial charge in [0.05, 0.1) is 29.5 Å².